The van der Waals surface area contributed by atoms with Crippen LogP contribution < -0.4 is 11.1 Å². The molecule has 0 aliphatic heterocycles. The molecule has 4 heteroatoms. The van der Waals surface area contributed by atoms with E-state index in [1.54, 1.807) is 12.3 Å². The van der Waals surface area contributed by atoms with Crippen LogP contribution in [0.3, 0.4) is 0 Å². The minimum Gasteiger partial charge on any atom is -0.397 e. The summed E-state index contributed by atoms with van der Waals surface area (Å²) >= 11 is 0. The van der Waals surface area contributed by atoms with E-state index in [1.807, 2.05) is 6.92 Å². The highest BCUT2D eigenvalue weighted by Gasteiger charge is 2.28. The molecular weight excluding hydrogens is 238 g/mol. The highest BCUT2D eigenvalue weighted by molar-refractivity contribution is 5.96. The molecule has 1 aliphatic rings. The molecule has 1 heterocycles. The van der Waals surface area contributed by atoms with Gasteiger partial charge in [0.15, 0.2) is 0 Å². The minimum atomic E-state index is -0.0525. The van der Waals surface area contributed by atoms with E-state index in [4.69, 9.17) is 5.73 Å². The Bertz CT molecular complexity index is 472. The molecule has 1 aromatic rings. The number of hydrogen-bond acceptors (Lipinski definition) is 3. The van der Waals surface area contributed by atoms with E-state index in [0.717, 1.165) is 12.1 Å². The Balaban J connectivity index is 2.10. The van der Waals surface area contributed by atoms with Crippen molar-refractivity contribution in [3.63, 3.8) is 0 Å². The SMILES string of the molecule is Cc1ncc(N)cc1C(=O)NC1CCCC(C)C1C. The maximum atomic E-state index is 12.3. The molecule has 1 saturated carbocycles. The summed E-state index contributed by atoms with van der Waals surface area (Å²) in [5, 5.41) is 3.15. The van der Waals surface area contributed by atoms with Gasteiger partial charge in [0.1, 0.15) is 0 Å². The molecule has 4 nitrogen and oxygen atoms in total. The first-order valence-electron chi connectivity index (χ1n) is 7.02. The molecule has 3 unspecified atom stereocenters. The number of nitrogens with two attached hydrogens (primary N) is 1. The maximum absolute atomic E-state index is 12.3. The Morgan fingerprint density at radius 1 is 1.42 bits per heavy atom. The first-order valence-corrected chi connectivity index (χ1v) is 7.02. The fraction of sp³-hybridized carbons (Fsp3) is 0.600. The lowest BCUT2D eigenvalue weighted by molar-refractivity contribution is 0.0890. The highest BCUT2D eigenvalue weighted by Crippen LogP contribution is 2.29. The number of nitrogens with one attached hydrogen (secondary N) is 1. The molecule has 3 N–H and O–H groups in total. The van der Waals surface area contributed by atoms with Gasteiger partial charge in [-0.15, -0.1) is 0 Å². The van der Waals surface area contributed by atoms with E-state index >= 15 is 0 Å². The van der Waals surface area contributed by atoms with Gasteiger partial charge in [-0.1, -0.05) is 26.7 Å². The van der Waals surface area contributed by atoms with Crippen molar-refractivity contribution in [3.8, 4) is 0 Å². The van der Waals surface area contributed by atoms with Crippen LogP contribution in [0.25, 0.3) is 0 Å². The van der Waals surface area contributed by atoms with E-state index < -0.39 is 0 Å². The van der Waals surface area contributed by atoms with Crippen molar-refractivity contribution in [2.45, 2.75) is 46.1 Å². The average molecular weight is 261 g/mol. The number of aromatic nitrogens is 1. The van der Waals surface area contributed by atoms with Crippen LogP contribution in [0.1, 0.15) is 49.2 Å². The van der Waals surface area contributed by atoms with Crippen LogP contribution in [0.2, 0.25) is 0 Å². The fourth-order valence-electron chi connectivity index (χ4n) is 2.81. The van der Waals surface area contributed by atoms with Crippen molar-refractivity contribution in [2.24, 2.45) is 11.8 Å². The molecule has 0 radical (unpaired) electrons. The summed E-state index contributed by atoms with van der Waals surface area (Å²) in [6.45, 7) is 6.32. The molecule has 0 bridgehead atoms. The van der Waals surface area contributed by atoms with Crippen molar-refractivity contribution in [2.75, 3.05) is 5.73 Å². The van der Waals surface area contributed by atoms with Crippen LogP contribution in [0.15, 0.2) is 12.3 Å². The Morgan fingerprint density at radius 3 is 2.89 bits per heavy atom. The molecule has 1 aromatic heterocycles. The van der Waals surface area contributed by atoms with Crippen molar-refractivity contribution in [3.05, 3.63) is 23.5 Å². The van der Waals surface area contributed by atoms with Gasteiger partial charge in [0.25, 0.3) is 5.91 Å². The van der Waals surface area contributed by atoms with Crippen LogP contribution >= 0.6 is 0 Å². The fourth-order valence-corrected chi connectivity index (χ4v) is 2.81. The second kappa shape index (κ2) is 5.59. The first kappa shape index (κ1) is 13.8. The standard InChI is InChI=1S/C15H23N3O/c1-9-5-4-6-14(10(9)2)18-15(19)13-7-12(16)8-17-11(13)3/h7-10,14H,4-6,16H2,1-3H3,(H,18,19). The zero-order valence-electron chi connectivity index (χ0n) is 11.9. The lowest BCUT2D eigenvalue weighted by Gasteiger charge is -2.34. The minimum absolute atomic E-state index is 0.0525. The Kier molecular flexibility index (Phi) is 4.08. The van der Waals surface area contributed by atoms with Gasteiger partial charge >= 0.3 is 0 Å². The second-order valence-electron chi connectivity index (χ2n) is 5.75. The Hall–Kier alpha value is -1.58. The normalized spacial score (nSPS) is 27.0. The van der Waals surface area contributed by atoms with E-state index in [-0.39, 0.29) is 11.9 Å². The lowest BCUT2D eigenvalue weighted by Crippen LogP contribution is -2.43. The summed E-state index contributed by atoms with van der Waals surface area (Å²) in [6.07, 6.45) is 5.08. The number of rotatable bonds is 2. The van der Waals surface area contributed by atoms with Gasteiger partial charge < -0.3 is 11.1 Å². The quantitative estimate of drug-likeness (QED) is 0.859. The van der Waals surface area contributed by atoms with Crippen molar-refractivity contribution in [1.82, 2.24) is 10.3 Å². The predicted octanol–water partition coefficient (Wildman–Crippen LogP) is 2.53. The van der Waals surface area contributed by atoms with Gasteiger partial charge in [-0.25, -0.2) is 0 Å². The zero-order chi connectivity index (χ0) is 14.0. The number of carbonyl (C=O) groups excluding carboxylic acids is 1. The van der Waals surface area contributed by atoms with Crippen molar-refractivity contribution < 1.29 is 4.79 Å². The van der Waals surface area contributed by atoms with E-state index in [1.165, 1.54) is 12.8 Å². The summed E-state index contributed by atoms with van der Waals surface area (Å²) in [5.41, 5.74) is 7.55. The number of hydrogen-bond donors (Lipinski definition) is 2. The number of nitrogens with zero attached hydrogens (tertiary/aromatic N) is 1. The smallest absolute Gasteiger partial charge is 0.253 e. The summed E-state index contributed by atoms with van der Waals surface area (Å²) in [4.78, 5) is 16.5. The van der Waals surface area contributed by atoms with Crippen molar-refractivity contribution >= 4 is 11.6 Å². The number of anilines is 1. The Morgan fingerprint density at radius 2 is 2.16 bits per heavy atom. The molecule has 1 fully saturated rings. The predicted molar refractivity (Wildman–Crippen MR) is 76.8 cm³/mol. The lowest BCUT2D eigenvalue weighted by atomic mass is 9.78. The summed E-state index contributed by atoms with van der Waals surface area (Å²) < 4.78 is 0. The van der Waals surface area contributed by atoms with E-state index in [2.05, 4.69) is 24.1 Å². The molecule has 1 aliphatic carbocycles. The third-order valence-electron chi connectivity index (χ3n) is 4.38. The average Bonchev–Trinajstić information content (AvgIpc) is 2.38. The summed E-state index contributed by atoms with van der Waals surface area (Å²) in [5.74, 6) is 1.13. The van der Waals surface area contributed by atoms with Crippen molar-refractivity contribution in [1.29, 1.82) is 0 Å². The van der Waals surface area contributed by atoms with Gasteiger partial charge in [0.2, 0.25) is 0 Å². The molecule has 19 heavy (non-hydrogen) atoms. The van der Waals surface area contributed by atoms with Gasteiger partial charge in [0, 0.05) is 6.04 Å². The summed E-state index contributed by atoms with van der Waals surface area (Å²) in [6, 6.07) is 1.96. The molecule has 0 saturated heterocycles. The molecular formula is C15H23N3O. The molecule has 0 aromatic carbocycles. The van der Waals surface area contributed by atoms with E-state index in [9.17, 15) is 4.79 Å². The van der Waals surface area contributed by atoms with Crippen LogP contribution in [0.5, 0.6) is 0 Å². The highest BCUT2D eigenvalue weighted by atomic mass is 16.1. The third-order valence-corrected chi connectivity index (χ3v) is 4.38. The second-order valence-corrected chi connectivity index (χ2v) is 5.75. The molecule has 1 amide bonds. The number of nitrogen functional groups attached to an aromatic ring is 1. The molecule has 0 spiro atoms. The van der Waals surface area contributed by atoms with Crippen LogP contribution in [-0.4, -0.2) is 16.9 Å². The molecule has 104 valence electrons. The van der Waals surface area contributed by atoms with E-state index in [0.29, 0.717) is 23.1 Å². The Labute approximate surface area is 114 Å². The molecule has 2 rings (SSSR count). The summed E-state index contributed by atoms with van der Waals surface area (Å²) in [7, 11) is 0. The number of aryl methyl sites for hydroxylation is 1. The first-order chi connectivity index (χ1) is 8.99. The topological polar surface area (TPSA) is 68.0 Å². The third kappa shape index (κ3) is 3.06. The maximum Gasteiger partial charge on any atom is 0.253 e. The zero-order valence-corrected chi connectivity index (χ0v) is 11.9. The monoisotopic (exact) mass is 261 g/mol. The number of pyridine rings is 1. The van der Waals surface area contributed by atoms with Crippen LogP contribution in [-0.2, 0) is 0 Å². The van der Waals surface area contributed by atoms with Gasteiger partial charge in [-0.05, 0) is 31.2 Å². The van der Waals surface area contributed by atoms with Crippen LogP contribution in [0.4, 0.5) is 5.69 Å². The molecule has 3 atom stereocenters. The number of carbonyl (C=O) groups is 1. The number of amides is 1. The van der Waals surface area contributed by atoms with Gasteiger partial charge in [-0.3, -0.25) is 9.78 Å². The van der Waals surface area contributed by atoms with Crippen LogP contribution in [0, 0.1) is 18.8 Å². The van der Waals surface area contributed by atoms with Gasteiger partial charge in [-0.2, -0.15) is 0 Å². The van der Waals surface area contributed by atoms with Gasteiger partial charge in [0.05, 0.1) is 23.1 Å². The largest absolute Gasteiger partial charge is 0.397 e.